The van der Waals surface area contributed by atoms with Crippen LogP contribution in [0.3, 0.4) is 0 Å². The van der Waals surface area contributed by atoms with Gasteiger partial charge in [-0.05, 0) is 38.7 Å². The molecule has 1 aromatic heterocycles. The molecule has 1 saturated carbocycles. The van der Waals surface area contributed by atoms with Crippen molar-refractivity contribution in [2.24, 2.45) is 0 Å². The largest absolute Gasteiger partial charge is 0.367 e. The molecule has 0 aromatic carbocycles. The van der Waals surface area contributed by atoms with Crippen molar-refractivity contribution in [1.82, 2.24) is 9.78 Å². The molecule has 0 bridgehead atoms. The zero-order valence-corrected chi connectivity index (χ0v) is 11.5. The summed E-state index contributed by atoms with van der Waals surface area (Å²) in [5.74, 6) is 0.182. The molecule has 3 rings (SSSR count). The number of ketones is 1. The molecule has 0 N–H and O–H groups in total. The van der Waals surface area contributed by atoms with Gasteiger partial charge in [0.15, 0.2) is 5.78 Å². The third-order valence-corrected chi connectivity index (χ3v) is 4.31. The standard InChI is InChI=1S/C15H22N2O2/c1-11-6-7-15(19-11)14(18)10-12-8-9-17(16-12)13-4-2-3-5-13/h8-9,11,13,15H,2-7,10H2,1H3. The predicted octanol–water partition coefficient (Wildman–Crippen LogP) is 2.68. The van der Waals surface area contributed by atoms with Crippen LogP contribution < -0.4 is 0 Å². The molecule has 2 atom stereocenters. The van der Waals surface area contributed by atoms with Crippen molar-refractivity contribution in [3.63, 3.8) is 0 Å². The van der Waals surface area contributed by atoms with Crippen molar-refractivity contribution in [3.8, 4) is 0 Å². The van der Waals surface area contributed by atoms with E-state index >= 15 is 0 Å². The third kappa shape index (κ3) is 2.89. The number of aromatic nitrogens is 2. The molecule has 19 heavy (non-hydrogen) atoms. The number of carbonyl (C=O) groups is 1. The van der Waals surface area contributed by atoms with Crippen molar-refractivity contribution >= 4 is 5.78 Å². The molecule has 2 heterocycles. The summed E-state index contributed by atoms with van der Waals surface area (Å²) in [5.41, 5.74) is 0.889. The number of Topliss-reactive ketones (excluding diaryl/α,β-unsaturated/α-hetero) is 1. The molecular weight excluding hydrogens is 240 g/mol. The normalized spacial score (nSPS) is 28.1. The van der Waals surface area contributed by atoms with Gasteiger partial charge in [0.1, 0.15) is 6.10 Å². The Kier molecular flexibility index (Phi) is 3.69. The summed E-state index contributed by atoms with van der Waals surface area (Å²) in [6.45, 7) is 2.03. The van der Waals surface area contributed by atoms with Gasteiger partial charge in [0, 0.05) is 6.20 Å². The van der Waals surface area contributed by atoms with Crippen molar-refractivity contribution < 1.29 is 9.53 Å². The fourth-order valence-corrected chi connectivity index (χ4v) is 3.18. The second-order valence-electron chi connectivity index (χ2n) is 5.88. The number of rotatable bonds is 4. The Bertz CT molecular complexity index is 449. The second kappa shape index (κ2) is 5.45. The molecular formula is C15H22N2O2. The molecule has 1 aliphatic carbocycles. The Labute approximate surface area is 114 Å². The highest BCUT2D eigenvalue weighted by Crippen LogP contribution is 2.29. The van der Waals surface area contributed by atoms with Crippen LogP contribution in [0.15, 0.2) is 12.3 Å². The lowest BCUT2D eigenvalue weighted by molar-refractivity contribution is -0.128. The first-order valence-corrected chi connectivity index (χ1v) is 7.44. The van der Waals surface area contributed by atoms with Crippen LogP contribution in [0.1, 0.15) is 57.2 Å². The number of hydrogen-bond donors (Lipinski definition) is 0. The van der Waals surface area contributed by atoms with Gasteiger partial charge in [-0.15, -0.1) is 0 Å². The summed E-state index contributed by atoms with van der Waals surface area (Å²) in [4.78, 5) is 12.1. The first-order valence-electron chi connectivity index (χ1n) is 7.44. The number of carbonyl (C=O) groups excluding carboxylic acids is 1. The van der Waals surface area contributed by atoms with Crippen LogP contribution in [0.5, 0.6) is 0 Å². The molecule has 0 radical (unpaired) electrons. The van der Waals surface area contributed by atoms with Crippen LogP contribution in [0.2, 0.25) is 0 Å². The quantitative estimate of drug-likeness (QED) is 0.838. The zero-order valence-electron chi connectivity index (χ0n) is 11.5. The van der Waals surface area contributed by atoms with E-state index in [1.54, 1.807) is 0 Å². The van der Waals surface area contributed by atoms with Gasteiger partial charge in [0.25, 0.3) is 0 Å². The first-order chi connectivity index (χ1) is 9.22. The summed E-state index contributed by atoms with van der Waals surface area (Å²) < 4.78 is 7.67. The van der Waals surface area contributed by atoms with E-state index in [9.17, 15) is 4.79 Å². The summed E-state index contributed by atoms with van der Waals surface area (Å²) in [5, 5.41) is 4.56. The minimum Gasteiger partial charge on any atom is -0.367 e. The molecule has 4 heteroatoms. The van der Waals surface area contributed by atoms with E-state index in [0.717, 1.165) is 18.5 Å². The highest BCUT2D eigenvalue weighted by Gasteiger charge is 2.28. The lowest BCUT2D eigenvalue weighted by atomic mass is 10.1. The molecule has 1 aliphatic heterocycles. The van der Waals surface area contributed by atoms with Gasteiger partial charge in [0.2, 0.25) is 0 Å². The molecule has 2 unspecified atom stereocenters. The van der Waals surface area contributed by atoms with Gasteiger partial charge >= 0.3 is 0 Å². The van der Waals surface area contributed by atoms with Gasteiger partial charge in [-0.3, -0.25) is 9.48 Å². The molecule has 2 fully saturated rings. The van der Waals surface area contributed by atoms with Gasteiger partial charge in [-0.2, -0.15) is 5.10 Å². The van der Waals surface area contributed by atoms with E-state index in [1.807, 2.05) is 23.9 Å². The highest BCUT2D eigenvalue weighted by atomic mass is 16.5. The predicted molar refractivity (Wildman–Crippen MR) is 72.0 cm³/mol. The molecule has 4 nitrogen and oxygen atoms in total. The van der Waals surface area contributed by atoms with E-state index in [2.05, 4.69) is 5.10 Å². The minimum atomic E-state index is -0.202. The average molecular weight is 262 g/mol. The highest BCUT2D eigenvalue weighted by molar-refractivity contribution is 5.85. The first kappa shape index (κ1) is 12.9. The summed E-state index contributed by atoms with van der Waals surface area (Å²) in [6, 6.07) is 2.53. The van der Waals surface area contributed by atoms with Crippen molar-refractivity contribution in [3.05, 3.63) is 18.0 Å². The Morgan fingerprint density at radius 3 is 2.84 bits per heavy atom. The molecule has 1 saturated heterocycles. The Morgan fingerprint density at radius 2 is 2.16 bits per heavy atom. The monoisotopic (exact) mass is 262 g/mol. The van der Waals surface area contributed by atoms with E-state index in [1.165, 1.54) is 25.7 Å². The summed E-state index contributed by atoms with van der Waals surface area (Å²) >= 11 is 0. The summed E-state index contributed by atoms with van der Waals surface area (Å²) in [6.07, 6.45) is 9.36. The Hall–Kier alpha value is -1.16. The van der Waals surface area contributed by atoms with E-state index < -0.39 is 0 Å². The van der Waals surface area contributed by atoms with Crippen LogP contribution in [0.4, 0.5) is 0 Å². The summed E-state index contributed by atoms with van der Waals surface area (Å²) in [7, 11) is 0. The lowest BCUT2D eigenvalue weighted by Gasteiger charge is -2.10. The van der Waals surface area contributed by atoms with E-state index in [4.69, 9.17) is 4.74 Å². The van der Waals surface area contributed by atoms with Crippen molar-refractivity contribution in [2.45, 2.75) is 70.1 Å². The molecule has 1 aromatic rings. The topological polar surface area (TPSA) is 44.1 Å². The van der Waals surface area contributed by atoms with Crippen LogP contribution >= 0.6 is 0 Å². The zero-order chi connectivity index (χ0) is 13.2. The molecule has 2 aliphatic rings. The maximum Gasteiger partial charge on any atom is 0.167 e. The number of hydrogen-bond acceptors (Lipinski definition) is 3. The smallest absolute Gasteiger partial charge is 0.167 e. The minimum absolute atomic E-state index is 0.182. The molecule has 104 valence electrons. The van der Waals surface area contributed by atoms with Crippen LogP contribution in [0.25, 0.3) is 0 Å². The van der Waals surface area contributed by atoms with Gasteiger partial charge in [0.05, 0.1) is 24.3 Å². The van der Waals surface area contributed by atoms with Crippen molar-refractivity contribution in [2.75, 3.05) is 0 Å². The fraction of sp³-hybridized carbons (Fsp3) is 0.733. The van der Waals surface area contributed by atoms with Crippen molar-refractivity contribution in [1.29, 1.82) is 0 Å². The van der Waals surface area contributed by atoms with Crippen LogP contribution in [-0.2, 0) is 16.0 Å². The van der Waals surface area contributed by atoms with E-state index in [0.29, 0.717) is 12.5 Å². The van der Waals surface area contributed by atoms with Gasteiger partial charge in [-0.1, -0.05) is 12.8 Å². The maximum absolute atomic E-state index is 12.1. The number of nitrogens with zero attached hydrogens (tertiary/aromatic N) is 2. The lowest BCUT2D eigenvalue weighted by Crippen LogP contribution is -2.22. The third-order valence-electron chi connectivity index (χ3n) is 4.31. The maximum atomic E-state index is 12.1. The second-order valence-corrected chi connectivity index (χ2v) is 5.88. The van der Waals surface area contributed by atoms with Gasteiger partial charge in [-0.25, -0.2) is 0 Å². The number of ether oxygens (including phenoxy) is 1. The van der Waals surface area contributed by atoms with Crippen LogP contribution in [-0.4, -0.2) is 27.8 Å². The fourth-order valence-electron chi connectivity index (χ4n) is 3.18. The van der Waals surface area contributed by atoms with Gasteiger partial charge < -0.3 is 4.74 Å². The Balaban J connectivity index is 1.59. The molecule has 0 amide bonds. The van der Waals surface area contributed by atoms with Crippen LogP contribution in [0, 0.1) is 0 Å². The van der Waals surface area contributed by atoms with E-state index in [-0.39, 0.29) is 18.0 Å². The average Bonchev–Trinajstić information content (AvgIpc) is 3.07. The SMILES string of the molecule is CC1CCC(C(=O)Cc2ccn(C3CCCC3)n2)O1. The Morgan fingerprint density at radius 1 is 1.37 bits per heavy atom. The molecule has 0 spiro atoms.